The average molecular weight is 399 g/mol. The number of benzene rings is 1. The van der Waals surface area contributed by atoms with Crippen LogP contribution in [-0.2, 0) is 23.4 Å². The zero-order valence-corrected chi connectivity index (χ0v) is 15.8. The Morgan fingerprint density at radius 2 is 2.18 bits per heavy atom. The first-order chi connectivity index (χ1) is 13.5. The van der Waals surface area contributed by atoms with E-state index >= 15 is 0 Å². The van der Waals surface area contributed by atoms with Crippen molar-refractivity contribution in [3.63, 3.8) is 0 Å². The van der Waals surface area contributed by atoms with E-state index in [0.29, 0.717) is 23.6 Å². The predicted molar refractivity (Wildman–Crippen MR) is 99.0 cm³/mol. The Balaban J connectivity index is 1.50. The lowest BCUT2D eigenvalue weighted by Crippen LogP contribution is -2.53. The zero-order chi connectivity index (χ0) is 19.5. The minimum atomic E-state index is -1.41. The van der Waals surface area contributed by atoms with Gasteiger partial charge in [0.2, 0.25) is 0 Å². The Morgan fingerprint density at radius 3 is 2.89 bits per heavy atom. The summed E-state index contributed by atoms with van der Waals surface area (Å²) in [6.07, 6.45) is 1.79. The second-order valence-electron chi connectivity index (χ2n) is 6.95. The van der Waals surface area contributed by atoms with E-state index < -0.39 is 17.5 Å². The number of thioether (sulfide) groups is 1. The number of nitrogens with one attached hydrogen (secondary N) is 2. The molecular formula is C18H17N5O4S. The van der Waals surface area contributed by atoms with Gasteiger partial charge in [-0.05, 0) is 17.7 Å². The molecule has 0 unspecified atom stereocenters. The molecular weight excluding hydrogens is 382 g/mol. The lowest BCUT2D eigenvalue weighted by atomic mass is 9.95. The maximum atomic E-state index is 13.0. The molecule has 1 saturated heterocycles. The van der Waals surface area contributed by atoms with Gasteiger partial charge >= 0.3 is 6.03 Å². The molecule has 1 fully saturated rings. The molecule has 0 aliphatic carbocycles. The van der Waals surface area contributed by atoms with Crippen LogP contribution in [0.25, 0.3) is 0 Å². The zero-order valence-electron chi connectivity index (χ0n) is 15.0. The summed E-state index contributed by atoms with van der Waals surface area (Å²) in [6, 6.07) is 4.75. The molecule has 9 nitrogen and oxygen atoms in total. The van der Waals surface area contributed by atoms with Gasteiger partial charge in [-0.2, -0.15) is 0 Å². The summed E-state index contributed by atoms with van der Waals surface area (Å²) in [5.41, 5.74) is 0.437. The van der Waals surface area contributed by atoms with Crippen LogP contribution in [0.4, 0.5) is 4.79 Å². The number of aryl methyl sites for hydroxylation is 1. The number of nitrogens with zero attached hydrogens (tertiary/aromatic N) is 3. The third-order valence-electron chi connectivity index (χ3n) is 5.31. The van der Waals surface area contributed by atoms with E-state index in [-0.39, 0.29) is 12.5 Å². The van der Waals surface area contributed by atoms with Gasteiger partial charge in [0.1, 0.15) is 5.75 Å². The van der Waals surface area contributed by atoms with E-state index in [0.717, 1.165) is 23.0 Å². The van der Waals surface area contributed by atoms with Crippen LogP contribution >= 0.6 is 11.8 Å². The molecule has 0 spiro atoms. The van der Waals surface area contributed by atoms with E-state index in [9.17, 15) is 14.4 Å². The van der Waals surface area contributed by atoms with Gasteiger partial charge in [0.25, 0.3) is 11.8 Å². The fourth-order valence-corrected chi connectivity index (χ4v) is 4.80. The van der Waals surface area contributed by atoms with Crippen molar-refractivity contribution in [3.8, 4) is 5.75 Å². The molecule has 5 rings (SSSR count). The van der Waals surface area contributed by atoms with Crippen LogP contribution in [0.3, 0.4) is 0 Å². The van der Waals surface area contributed by atoms with E-state index in [2.05, 4.69) is 15.6 Å². The molecule has 0 saturated carbocycles. The summed E-state index contributed by atoms with van der Waals surface area (Å²) in [6.45, 7) is 1.15. The Labute approximate surface area is 164 Å². The average Bonchev–Trinajstić information content (AvgIpc) is 3.40. The molecule has 3 aliphatic heterocycles. The van der Waals surface area contributed by atoms with Crippen molar-refractivity contribution in [3.05, 3.63) is 41.2 Å². The second kappa shape index (κ2) is 5.99. The topological polar surface area (TPSA) is 106 Å². The number of rotatable bonds is 4. The summed E-state index contributed by atoms with van der Waals surface area (Å²) in [5.74, 6) is 0.817. The predicted octanol–water partition coefficient (Wildman–Crippen LogP) is 0.688. The molecule has 3 aliphatic rings. The first kappa shape index (κ1) is 17.1. The fraction of sp³-hybridized carbons (Fsp3) is 0.333. The first-order valence-corrected chi connectivity index (χ1v) is 9.79. The number of imidazole rings is 1. The standard InChI is InChI=1S/C18H17N5O4S/c1-27-11-3-2-10-7-23(14(24)12(10)6-11)9-18(15(25)20-16(26)21-18)13-8-22-4-5-28-17(22)19-13/h2-3,6,8H,4-5,7,9H2,1H3,(H2,20,21,25,26)/t18-/m0/s1. The smallest absolute Gasteiger partial charge is 0.322 e. The van der Waals surface area contributed by atoms with Gasteiger partial charge in [-0.1, -0.05) is 17.8 Å². The molecule has 4 amide bonds. The van der Waals surface area contributed by atoms with Crippen molar-refractivity contribution < 1.29 is 19.1 Å². The molecule has 1 atom stereocenters. The maximum Gasteiger partial charge on any atom is 0.322 e. The summed E-state index contributed by atoms with van der Waals surface area (Å²) in [4.78, 5) is 43.8. The number of amides is 4. The number of carbonyl (C=O) groups is 3. The molecule has 144 valence electrons. The van der Waals surface area contributed by atoms with Crippen LogP contribution in [0.15, 0.2) is 29.6 Å². The van der Waals surface area contributed by atoms with E-state index in [1.165, 1.54) is 0 Å². The quantitative estimate of drug-likeness (QED) is 0.733. The van der Waals surface area contributed by atoms with E-state index in [1.54, 1.807) is 42.1 Å². The summed E-state index contributed by atoms with van der Waals surface area (Å²) >= 11 is 1.60. The highest BCUT2D eigenvalue weighted by atomic mass is 32.2. The maximum absolute atomic E-state index is 13.0. The number of aromatic nitrogens is 2. The molecule has 28 heavy (non-hydrogen) atoms. The van der Waals surface area contributed by atoms with Crippen molar-refractivity contribution in [2.45, 2.75) is 23.8 Å². The SMILES string of the molecule is COc1ccc2c(c1)C(=O)N(C[C@@]1(c3cn4c(n3)SCC4)NC(=O)NC1=O)C2. The number of hydrogen-bond donors (Lipinski definition) is 2. The van der Waals surface area contributed by atoms with Gasteiger partial charge in [0, 0.05) is 30.6 Å². The summed E-state index contributed by atoms with van der Waals surface area (Å²) < 4.78 is 7.17. The number of ether oxygens (including phenoxy) is 1. The third-order valence-corrected chi connectivity index (χ3v) is 6.28. The monoisotopic (exact) mass is 399 g/mol. The third kappa shape index (κ3) is 2.40. The van der Waals surface area contributed by atoms with Crippen LogP contribution in [0.1, 0.15) is 21.6 Å². The van der Waals surface area contributed by atoms with Gasteiger partial charge in [0.05, 0.1) is 19.3 Å². The molecule has 1 aromatic heterocycles. The van der Waals surface area contributed by atoms with Gasteiger partial charge in [-0.3, -0.25) is 14.9 Å². The molecule has 0 radical (unpaired) electrons. The summed E-state index contributed by atoms with van der Waals surface area (Å²) in [7, 11) is 1.54. The molecule has 10 heteroatoms. The Bertz CT molecular complexity index is 1010. The van der Waals surface area contributed by atoms with Crippen LogP contribution in [0.5, 0.6) is 5.75 Å². The minimum Gasteiger partial charge on any atom is -0.497 e. The highest BCUT2D eigenvalue weighted by molar-refractivity contribution is 7.99. The van der Waals surface area contributed by atoms with E-state index in [1.807, 2.05) is 10.6 Å². The Morgan fingerprint density at radius 1 is 1.32 bits per heavy atom. The normalized spacial score (nSPS) is 22.9. The number of urea groups is 1. The lowest BCUT2D eigenvalue weighted by Gasteiger charge is -2.29. The van der Waals surface area contributed by atoms with Gasteiger partial charge in [0.15, 0.2) is 10.7 Å². The molecule has 2 N–H and O–H groups in total. The molecule has 0 bridgehead atoms. The van der Waals surface area contributed by atoms with Crippen LogP contribution < -0.4 is 15.4 Å². The molecule has 2 aromatic rings. The minimum absolute atomic E-state index is 0.00151. The van der Waals surface area contributed by atoms with Crippen molar-refractivity contribution in [2.24, 2.45) is 0 Å². The molecule has 4 heterocycles. The van der Waals surface area contributed by atoms with Crippen molar-refractivity contribution in [1.29, 1.82) is 0 Å². The number of fused-ring (bicyclic) bond motifs is 2. The van der Waals surface area contributed by atoms with E-state index in [4.69, 9.17) is 4.74 Å². The van der Waals surface area contributed by atoms with Gasteiger partial charge < -0.3 is 19.5 Å². The highest BCUT2D eigenvalue weighted by Crippen LogP contribution is 2.34. The second-order valence-corrected chi connectivity index (χ2v) is 8.01. The summed E-state index contributed by atoms with van der Waals surface area (Å²) in [5, 5.41) is 5.82. The van der Waals surface area contributed by atoms with Gasteiger partial charge in [-0.25, -0.2) is 9.78 Å². The van der Waals surface area contributed by atoms with Gasteiger partial charge in [-0.15, -0.1) is 0 Å². The number of hydrogen-bond acceptors (Lipinski definition) is 6. The first-order valence-electron chi connectivity index (χ1n) is 8.80. The van der Waals surface area contributed by atoms with Crippen LogP contribution in [-0.4, -0.2) is 51.7 Å². The highest BCUT2D eigenvalue weighted by Gasteiger charge is 2.52. The number of methoxy groups -OCH3 is 1. The number of imide groups is 1. The van der Waals surface area contributed by atoms with Crippen molar-refractivity contribution >= 4 is 29.6 Å². The van der Waals surface area contributed by atoms with Crippen molar-refractivity contribution in [2.75, 3.05) is 19.4 Å². The van der Waals surface area contributed by atoms with Crippen molar-refractivity contribution in [1.82, 2.24) is 25.1 Å². The largest absolute Gasteiger partial charge is 0.497 e. The Kier molecular flexibility index (Phi) is 3.66. The van der Waals surface area contributed by atoms with Crippen LogP contribution in [0.2, 0.25) is 0 Å². The Hall–Kier alpha value is -3.01. The number of carbonyl (C=O) groups excluding carboxylic acids is 3. The lowest BCUT2D eigenvalue weighted by molar-refractivity contribution is -0.124. The molecule has 1 aromatic carbocycles. The fourth-order valence-electron chi connectivity index (χ4n) is 3.86. The van der Waals surface area contributed by atoms with Crippen LogP contribution in [0, 0.1) is 0 Å².